The second kappa shape index (κ2) is 3.64. The van der Waals surface area contributed by atoms with Gasteiger partial charge in [-0.2, -0.15) is 0 Å². The summed E-state index contributed by atoms with van der Waals surface area (Å²) in [5.41, 5.74) is 4.83. The minimum absolute atomic E-state index is 0.0916. The van der Waals surface area contributed by atoms with Gasteiger partial charge in [0.2, 0.25) is 0 Å². The number of hydrogen-bond acceptors (Lipinski definition) is 3. The number of amidine groups is 1. The largest absolute Gasteiger partial charge is 0.389 e. The predicted octanol–water partition coefficient (Wildman–Crippen LogP) is 0.0152. The Morgan fingerprint density at radius 2 is 2.38 bits per heavy atom. The summed E-state index contributed by atoms with van der Waals surface area (Å²) in [7, 11) is 0. The summed E-state index contributed by atoms with van der Waals surface area (Å²) in [5.74, 6) is 0.320. The maximum Gasteiger partial charge on any atom is 0.0947 e. The van der Waals surface area contributed by atoms with Gasteiger partial charge in [0.1, 0.15) is 0 Å². The Hall–Kier alpha value is -0.610. The van der Waals surface area contributed by atoms with E-state index in [0.29, 0.717) is 6.54 Å². The van der Waals surface area contributed by atoms with Crippen LogP contribution in [-0.2, 0) is 0 Å². The highest BCUT2D eigenvalue weighted by Gasteiger charge is 2.31. The average Bonchev–Trinajstić information content (AvgIpc) is 2.30. The molecule has 2 atom stereocenters. The fraction of sp³-hybridized carbons (Fsp3) is 0.889. The van der Waals surface area contributed by atoms with E-state index in [1.807, 2.05) is 13.8 Å². The Balaban J connectivity index is 2.36. The quantitative estimate of drug-likeness (QED) is 0.428. The van der Waals surface area contributed by atoms with E-state index >= 15 is 0 Å². The van der Waals surface area contributed by atoms with E-state index in [-0.39, 0.29) is 11.8 Å². The van der Waals surface area contributed by atoms with Crippen LogP contribution in [0.4, 0.5) is 0 Å². The predicted molar refractivity (Wildman–Crippen MR) is 52.8 cm³/mol. The molecule has 1 fully saturated rings. The van der Waals surface area contributed by atoms with E-state index in [0.717, 1.165) is 19.5 Å². The summed E-state index contributed by atoms with van der Waals surface area (Å²) in [6.45, 7) is 6.18. The van der Waals surface area contributed by atoms with Crippen LogP contribution in [0.1, 0.15) is 20.3 Å². The molecular weight excluding hydrogens is 166 g/mol. The first-order valence-corrected chi connectivity index (χ1v) is 4.69. The number of nitrogens with one attached hydrogen (secondary N) is 1. The second-order valence-corrected chi connectivity index (χ2v) is 4.34. The highest BCUT2D eigenvalue weighted by atomic mass is 16.3. The molecule has 76 valence electrons. The van der Waals surface area contributed by atoms with Crippen LogP contribution in [0.2, 0.25) is 0 Å². The first kappa shape index (κ1) is 10.5. The molecule has 1 aliphatic rings. The lowest BCUT2D eigenvalue weighted by Gasteiger charge is -2.21. The van der Waals surface area contributed by atoms with Gasteiger partial charge in [-0.05, 0) is 13.3 Å². The summed E-state index contributed by atoms with van der Waals surface area (Å²) in [6.07, 6.45) is 0.817. The lowest BCUT2D eigenvalue weighted by Crippen LogP contribution is -2.35. The van der Waals surface area contributed by atoms with Gasteiger partial charge in [-0.3, -0.25) is 10.3 Å². The summed E-state index contributed by atoms with van der Waals surface area (Å²) in [4.78, 5) is 2.16. The zero-order valence-electron chi connectivity index (χ0n) is 8.38. The standard InChI is InChI=1S/C9H19N3O/c1-7(8(10)11)5-12-4-3-9(2,13)6-12/h7,13H,3-6H2,1-2H3,(H3,10,11). The molecule has 0 spiro atoms. The highest BCUT2D eigenvalue weighted by molar-refractivity contribution is 5.79. The van der Waals surface area contributed by atoms with Crippen molar-refractivity contribution in [3.05, 3.63) is 0 Å². The first-order valence-electron chi connectivity index (χ1n) is 4.69. The van der Waals surface area contributed by atoms with Crippen molar-refractivity contribution in [2.45, 2.75) is 25.9 Å². The maximum atomic E-state index is 9.69. The number of nitrogens with zero attached hydrogens (tertiary/aromatic N) is 1. The van der Waals surface area contributed by atoms with E-state index in [2.05, 4.69) is 4.90 Å². The zero-order valence-corrected chi connectivity index (χ0v) is 8.38. The molecule has 0 aromatic rings. The Kier molecular flexibility index (Phi) is 2.93. The molecule has 0 radical (unpaired) electrons. The molecule has 0 saturated carbocycles. The van der Waals surface area contributed by atoms with Gasteiger partial charge in [-0.25, -0.2) is 0 Å². The van der Waals surface area contributed by atoms with Crippen molar-refractivity contribution in [1.82, 2.24) is 4.90 Å². The number of rotatable bonds is 3. The van der Waals surface area contributed by atoms with Gasteiger partial charge >= 0.3 is 0 Å². The van der Waals surface area contributed by atoms with Crippen LogP contribution in [0.15, 0.2) is 0 Å². The van der Waals surface area contributed by atoms with Crippen LogP contribution < -0.4 is 5.73 Å². The monoisotopic (exact) mass is 185 g/mol. The second-order valence-electron chi connectivity index (χ2n) is 4.34. The van der Waals surface area contributed by atoms with Crippen molar-refractivity contribution < 1.29 is 5.11 Å². The smallest absolute Gasteiger partial charge is 0.0947 e. The molecule has 13 heavy (non-hydrogen) atoms. The van der Waals surface area contributed by atoms with Gasteiger partial charge < -0.3 is 10.8 Å². The SMILES string of the molecule is CC(CN1CCC(C)(O)C1)C(=N)N. The lowest BCUT2D eigenvalue weighted by molar-refractivity contribution is 0.0680. The summed E-state index contributed by atoms with van der Waals surface area (Å²) in [6, 6.07) is 0. The van der Waals surface area contributed by atoms with Crippen LogP contribution in [0.5, 0.6) is 0 Å². The first-order chi connectivity index (χ1) is 5.91. The summed E-state index contributed by atoms with van der Waals surface area (Å²) >= 11 is 0. The third kappa shape index (κ3) is 2.97. The molecular formula is C9H19N3O. The van der Waals surface area contributed by atoms with Crippen molar-refractivity contribution in [2.24, 2.45) is 11.7 Å². The molecule has 4 nitrogen and oxygen atoms in total. The minimum Gasteiger partial charge on any atom is -0.389 e. The minimum atomic E-state index is -0.545. The van der Waals surface area contributed by atoms with Crippen molar-refractivity contribution in [3.8, 4) is 0 Å². The molecule has 1 heterocycles. The van der Waals surface area contributed by atoms with Crippen molar-refractivity contribution in [2.75, 3.05) is 19.6 Å². The van der Waals surface area contributed by atoms with E-state index in [4.69, 9.17) is 11.1 Å². The molecule has 0 bridgehead atoms. The molecule has 0 aliphatic carbocycles. The van der Waals surface area contributed by atoms with Gasteiger partial charge in [0.15, 0.2) is 0 Å². The molecule has 0 amide bonds. The van der Waals surface area contributed by atoms with Gasteiger partial charge in [-0.1, -0.05) is 6.92 Å². The summed E-state index contributed by atoms with van der Waals surface area (Å²) in [5, 5.41) is 16.9. The van der Waals surface area contributed by atoms with E-state index in [1.165, 1.54) is 0 Å². The Bertz CT molecular complexity index is 203. The van der Waals surface area contributed by atoms with E-state index in [1.54, 1.807) is 0 Å². The van der Waals surface area contributed by atoms with E-state index < -0.39 is 5.60 Å². The molecule has 2 unspecified atom stereocenters. The lowest BCUT2D eigenvalue weighted by atomic mass is 10.1. The van der Waals surface area contributed by atoms with Crippen LogP contribution >= 0.6 is 0 Å². The van der Waals surface area contributed by atoms with Crippen molar-refractivity contribution in [3.63, 3.8) is 0 Å². The van der Waals surface area contributed by atoms with Crippen molar-refractivity contribution >= 4 is 5.84 Å². The van der Waals surface area contributed by atoms with Gasteiger partial charge in [0, 0.05) is 25.6 Å². The number of hydrogen-bond donors (Lipinski definition) is 3. The topological polar surface area (TPSA) is 73.3 Å². The third-order valence-corrected chi connectivity index (χ3v) is 2.59. The highest BCUT2D eigenvalue weighted by Crippen LogP contribution is 2.20. The molecule has 4 heteroatoms. The van der Waals surface area contributed by atoms with Crippen LogP contribution in [0.25, 0.3) is 0 Å². The Morgan fingerprint density at radius 3 is 2.77 bits per heavy atom. The van der Waals surface area contributed by atoms with Crippen LogP contribution in [0, 0.1) is 11.3 Å². The fourth-order valence-corrected chi connectivity index (χ4v) is 1.68. The molecule has 4 N–H and O–H groups in total. The van der Waals surface area contributed by atoms with Crippen LogP contribution in [0.3, 0.4) is 0 Å². The number of nitrogens with two attached hydrogens (primary N) is 1. The van der Waals surface area contributed by atoms with Crippen molar-refractivity contribution in [1.29, 1.82) is 5.41 Å². The Morgan fingerprint density at radius 1 is 1.77 bits per heavy atom. The molecule has 1 saturated heterocycles. The van der Waals surface area contributed by atoms with Gasteiger partial charge in [0.05, 0.1) is 11.4 Å². The number of aliphatic hydroxyl groups is 1. The van der Waals surface area contributed by atoms with Crippen LogP contribution in [-0.4, -0.2) is 41.1 Å². The summed E-state index contributed by atoms with van der Waals surface area (Å²) < 4.78 is 0. The third-order valence-electron chi connectivity index (χ3n) is 2.59. The van der Waals surface area contributed by atoms with E-state index in [9.17, 15) is 5.11 Å². The van der Waals surface area contributed by atoms with Gasteiger partial charge in [0.25, 0.3) is 0 Å². The molecule has 1 rings (SSSR count). The van der Waals surface area contributed by atoms with Gasteiger partial charge in [-0.15, -0.1) is 0 Å². The molecule has 0 aromatic heterocycles. The molecule has 0 aromatic carbocycles. The molecule has 1 aliphatic heterocycles. The Labute approximate surface area is 79.2 Å². The fourth-order valence-electron chi connectivity index (χ4n) is 1.68. The normalized spacial score (nSPS) is 31.9. The average molecular weight is 185 g/mol. The number of likely N-dealkylation sites (tertiary alicyclic amines) is 1. The maximum absolute atomic E-state index is 9.69. The zero-order chi connectivity index (χ0) is 10.1. The number of β-amino-alcohol motifs (C(OH)–C–C–N with tert-alkyl or cyclic N) is 1.